The van der Waals surface area contributed by atoms with Gasteiger partial charge < -0.3 is 15.1 Å². The van der Waals surface area contributed by atoms with Gasteiger partial charge in [0.15, 0.2) is 0 Å². The molecule has 1 aliphatic heterocycles. The number of piperidine rings is 1. The lowest BCUT2D eigenvalue weighted by Gasteiger charge is -2.33. The Bertz CT molecular complexity index is 700. The number of amides is 1. The number of hydrogen-bond acceptors (Lipinski definition) is 4. The summed E-state index contributed by atoms with van der Waals surface area (Å²) >= 11 is 0. The molecule has 3 rings (SSSR count). The minimum atomic E-state index is -0.0561. The molecular formula is C21H28N4O. The van der Waals surface area contributed by atoms with Gasteiger partial charge in [-0.2, -0.15) is 0 Å². The van der Waals surface area contributed by atoms with Crippen molar-refractivity contribution in [2.75, 3.05) is 45.2 Å². The zero-order valence-corrected chi connectivity index (χ0v) is 15.7. The van der Waals surface area contributed by atoms with Crippen LogP contribution in [-0.2, 0) is 0 Å². The topological polar surface area (TPSA) is 48.5 Å². The highest BCUT2D eigenvalue weighted by atomic mass is 16.1. The van der Waals surface area contributed by atoms with Gasteiger partial charge in [-0.05, 0) is 43.0 Å². The number of aromatic nitrogens is 1. The number of benzene rings is 1. The van der Waals surface area contributed by atoms with E-state index in [0.29, 0.717) is 18.0 Å². The highest BCUT2D eigenvalue weighted by Crippen LogP contribution is 2.26. The van der Waals surface area contributed by atoms with Crippen molar-refractivity contribution in [1.29, 1.82) is 0 Å². The predicted molar refractivity (Wildman–Crippen MR) is 106 cm³/mol. The van der Waals surface area contributed by atoms with Crippen LogP contribution in [0.15, 0.2) is 48.7 Å². The first-order chi connectivity index (χ1) is 12.6. The van der Waals surface area contributed by atoms with Crippen LogP contribution in [0.3, 0.4) is 0 Å². The fourth-order valence-corrected chi connectivity index (χ4v) is 3.47. The maximum absolute atomic E-state index is 12.3. The number of pyridine rings is 1. The zero-order chi connectivity index (χ0) is 18.4. The molecule has 1 N–H and O–H groups in total. The first-order valence-corrected chi connectivity index (χ1v) is 9.32. The summed E-state index contributed by atoms with van der Waals surface area (Å²) < 4.78 is 0. The van der Waals surface area contributed by atoms with Crippen molar-refractivity contribution in [2.45, 2.75) is 18.8 Å². The van der Waals surface area contributed by atoms with Gasteiger partial charge in [-0.15, -0.1) is 0 Å². The molecule has 0 spiro atoms. The van der Waals surface area contributed by atoms with Crippen molar-refractivity contribution >= 4 is 11.7 Å². The summed E-state index contributed by atoms with van der Waals surface area (Å²) in [5.41, 5.74) is 2.03. The van der Waals surface area contributed by atoms with Crippen LogP contribution >= 0.6 is 0 Å². The summed E-state index contributed by atoms with van der Waals surface area (Å²) in [6.07, 6.45) is 4.09. The molecule has 0 saturated carbocycles. The highest BCUT2D eigenvalue weighted by Gasteiger charge is 2.20. The van der Waals surface area contributed by atoms with Crippen LogP contribution < -0.4 is 10.2 Å². The number of carbonyl (C=O) groups is 1. The molecule has 0 aliphatic carbocycles. The standard InChI is InChI=1S/C21H28N4O/c1-24(2)20-11-10-18(15-23-20)21(26)22-12-14-25-13-6-9-19(16-25)17-7-4-3-5-8-17/h3-5,7-8,10-11,15,19H,6,9,12-14,16H2,1-2H3,(H,22,26). The van der Waals surface area contributed by atoms with Crippen LogP contribution in [0.25, 0.3) is 0 Å². The van der Waals surface area contributed by atoms with Gasteiger partial charge in [-0.25, -0.2) is 4.98 Å². The van der Waals surface area contributed by atoms with Gasteiger partial charge in [-0.1, -0.05) is 30.3 Å². The third-order valence-electron chi connectivity index (χ3n) is 4.96. The summed E-state index contributed by atoms with van der Waals surface area (Å²) in [7, 11) is 3.87. The third kappa shape index (κ3) is 4.82. The highest BCUT2D eigenvalue weighted by molar-refractivity contribution is 5.94. The predicted octanol–water partition coefficient (Wildman–Crippen LogP) is 2.76. The fourth-order valence-electron chi connectivity index (χ4n) is 3.47. The smallest absolute Gasteiger partial charge is 0.252 e. The number of anilines is 1. The van der Waals surface area contributed by atoms with Crippen LogP contribution in [0.2, 0.25) is 0 Å². The first-order valence-electron chi connectivity index (χ1n) is 9.32. The second-order valence-electron chi connectivity index (χ2n) is 7.11. The minimum absolute atomic E-state index is 0.0561. The van der Waals surface area contributed by atoms with Crippen molar-refractivity contribution in [3.63, 3.8) is 0 Å². The lowest BCUT2D eigenvalue weighted by atomic mass is 9.91. The molecule has 1 aromatic carbocycles. The Morgan fingerprint density at radius 3 is 2.73 bits per heavy atom. The largest absolute Gasteiger partial charge is 0.363 e. The Hall–Kier alpha value is -2.40. The van der Waals surface area contributed by atoms with Crippen molar-refractivity contribution in [2.24, 2.45) is 0 Å². The van der Waals surface area contributed by atoms with Gasteiger partial charge >= 0.3 is 0 Å². The van der Waals surface area contributed by atoms with E-state index in [2.05, 4.69) is 45.5 Å². The number of carbonyl (C=O) groups excluding carboxylic acids is 1. The monoisotopic (exact) mass is 352 g/mol. The van der Waals surface area contributed by atoms with E-state index in [9.17, 15) is 4.79 Å². The molecule has 1 saturated heterocycles. The minimum Gasteiger partial charge on any atom is -0.363 e. The molecule has 1 fully saturated rings. The van der Waals surface area contributed by atoms with Gasteiger partial charge in [0.1, 0.15) is 5.82 Å². The lowest BCUT2D eigenvalue weighted by Crippen LogP contribution is -2.40. The maximum Gasteiger partial charge on any atom is 0.252 e. The molecule has 26 heavy (non-hydrogen) atoms. The van der Waals surface area contributed by atoms with Gasteiger partial charge in [0.2, 0.25) is 0 Å². The Morgan fingerprint density at radius 1 is 1.23 bits per heavy atom. The van der Waals surface area contributed by atoms with E-state index >= 15 is 0 Å². The van der Waals surface area contributed by atoms with Crippen molar-refractivity contribution in [1.82, 2.24) is 15.2 Å². The molecule has 0 bridgehead atoms. The summed E-state index contributed by atoms with van der Waals surface area (Å²) in [6, 6.07) is 14.4. The van der Waals surface area contributed by atoms with E-state index in [1.165, 1.54) is 18.4 Å². The Labute approximate surface area is 156 Å². The number of nitrogens with one attached hydrogen (secondary N) is 1. The van der Waals surface area contributed by atoms with Gasteiger partial charge in [0, 0.05) is 39.9 Å². The SMILES string of the molecule is CN(C)c1ccc(C(=O)NCCN2CCCC(c3ccccc3)C2)cn1. The molecule has 0 radical (unpaired) electrons. The fraction of sp³-hybridized carbons (Fsp3) is 0.429. The Morgan fingerprint density at radius 2 is 2.04 bits per heavy atom. The summed E-state index contributed by atoms with van der Waals surface area (Å²) in [4.78, 5) is 20.9. The van der Waals surface area contributed by atoms with Gasteiger partial charge in [0.25, 0.3) is 5.91 Å². The molecule has 138 valence electrons. The summed E-state index contributed by atoms with van der Waals surface area (Å²) in [6.45, 7) is 3.73. The second-order valence-corrected chi connectivity index (χ2v) is 7.11. The quantitative estimate of drug-likeness (QED) is 0.868. The summed E-state index contributed by atoms with van der Waals surface area (Å²) in [5.74, 6) is 1.39. The molecule has 1 amide bonds. The van der Waals surface area contributed by atoms with Crippen LogP contribution in [0, 0.1) is 0 Å². The Kier molecular flexibility index (Phi) is 6.23. The van der Waals surface area contributed by atoms with Crippen LogP contribution in [0.5, 0.6) is 0 Å². The molecule has 1 aliphatic rings. The lowest BCUT2D eigenvalue weighted by molar-refractivity contribution is 0.0945. The Balaban J connectivity index is 1.46. The number of nitrogens with zero attached hydrogens (tertiary/aromatic N) is 3. The second kappa shape index (κ2) is 8.81. The number of hydrogen-bond donors (Lipinski definition) is 1. The zero-order valence-electron chi connectivity index (χ0n) is 15.7. The third-order valence-corrected chi connectivity index (χ3v) is 4.96. The molecule has 5 nitrogen and oxygen atoms in total. The molecular weight excluding hydrogens is 324 g/mol. The van der Waals surface area contributed by atoms with Crippen molar-refractivity contribution in [3.8, 4) is 0 Å². The molecule has 5 heteroatoms. The average Bonchev–Trinajstić information content (AvgIpc) is 2.69. The van der Waals surface area contributed by atoms with E-state index in [0.717, 1.165) is 25.5 Å². The molecule has 1 aromatic heterocycles. The average molecular weight is 352 g/mol. The molecule has 1 atom stereocenters. The van der Waals surface area contributed by atoms with E-state index < -0.39 is 0 Å². The molecule has 1 unspecified atom stereocenters. The van der Waals surface area contributed by atoms with E-state index in [1.54, 1.807) is 6.20 Å². The van der Waals surface area contributed by atoms with Gasteiger partial charge in [0.05, 0.1) is 5.56 Å². The maximum atomic E-state index is 12.3. The molecule has 2 heterocycles. The van der Waals surface area contributed by atoms with E-state index in [4.69, 9.17) is 0 Å². The van der Waals surface area contributed by atoms with Gasteiger partial charge in [-0.3, -0.25) is 4.79 Å². The van der Waals surface area contributed by atoms with Crippen molar-refractivity contribution < 1.29 is 4.79 Å². The van der Waals surface area contributed by atoms with Crippen LogP contribution in [0.1, 0.15) is 34.7 Å². The van der Waals surface area contributed by atoms with Crippen LogP contribution in [-0.4, -0.2) is 56.1 Å². The normalized spacial score (nSPS) is 17.7. The number of likely N-dealkylation sites (tertiary alicyclic amines) is 1. The van der Waals surface area contributed by atoms with Crippen molar-refractivity contribution in [3.05, 3.63) is 59.8 Å². The molecule has 2 aromatic rings. The first kappa shape index (κ1) is 18.4. The number of rotatable bonds is 6. The van der Waals surface area contributed by atoms with E-state index in [1.807, 2.05) is 31.1 Å². The van der Waals surface area contributed by atoms with Crippen LogP contribution in [0.4, 0.5) is 5.82 Å². The summed E-state index contributed by atoms with van der Waals surface area (Å²) in [5, 5.41) is 3.02. The van der Waals surface area contributed by atoms with E-state index in [-0.39, 0.29) is 5.91 Å².